The standard InChI is InChI=1S/C30H43N3O7.C29H39N3O7/c1-4-33(24(2)34)18-21-39-22-23-40-29(36)32-17-9-20-38-19-8-16-31-28(35)25-12-14-27(15-13-25)30(3,37)26-10-6-5-7-11-26;1-3-32(23(2)33)17-20-38-21-22-39-29(36)31-16-8-19-37-18-7-15-30-28(35)26-13-11-25(12-14-26)27(34)24-9-5-4-6-10-24/h5-7,10-15,37H,4,8-9,16-23H2,1-3H3,(H,31,35)(H,32,36);4-6,9-14H,3,7-8,15-22H2,1-2H3,(H,30,35)(H,31,36). The summed E-state index contributed by atoms with van der Waals surface area (Å²) in [5.41, 5.74) is 2.50. The van der Waals surface area contributed by atoms with Crippen LogP contribution in [0.15, 0.2) is 109 Å². The number of alkyl carbamates (subject to hydrolysis) is 2. The van der Waals surface area contributed by atoms with Crippen LogP contribution in [0.1, 0.15) is 108 Å². The number of nitrogens with one attached hydrogen (secondary N) is 4. The summed E-state index contributed by atoms with van der Waals surface area (Å²) in [6, 6.07) is 31.9. The van der Waals surface area contributed by atoms with Gasteiger partial charge in [-0.2, -0.15) is 0 Å². The van der Waals surface area contributed by atoms with Crippen LogP contribution in [0, 0.1) is 0 Å². The van der Waals surface area contributed by atoms with E-state index < -0.39 is 17.8 Å². The van der Waals surface area contributed by atoms with Crippen molar-refractivity contribution in [2.45, 2.75) is 65.9 Å². The SMILES string of the molecule is CCN(CCOCCOC(=O)NCCCOCCCNC(=O)c1ccc(C(=O)c2ccccc2)cc1)C(C)=O.CCN(CCOCCOC(=O)NCCCOCCCNC(=O)c1ccc(C(C)(O)c2ccccc2)cc1)C(C)=O. The highest BCUT2D eigenvalue weighted by Gasteiger charge is 2.25. The Kier molecular flexibility index (Phi) is 32.8. The van der Waals surface area contributed by atoms with Crippen molar-refractivity contribution < 1.29 is 67.1 Å². The lowest BCUT2D eigenvalue weighted by molar-refractivity contribution is -0.130. The molecule has 0 aliphatic heterocycles. The number of benzene rings is 4. The molecule has 4 rings (SSSR count). The molecular formula is C59H82N6O14. The van der Waals surface area contributed by atoms with Crippen molar-refractivity contribution in [1.29, 1.82) is 0 Å². The summed E-state index contributed by atoms with van der Waals surface area (Å²) in [5, 5.41) is 21.9. The van der Waals surface area contributed by atoms with Gasteiger partial charge < -0.3 is 64.6 Å². The topological polar surface area (TPSA) is 250 Å². The van der Waals surface area contributed by atoms with E-state index in [4.69, 9.17) is 28.4 Å². The largest absolute Gasteiger partial charge is 0.447 e. The van der Waals surface area contributed by atoms with Gasteiger partial charge in [-0.1, -0.05) is 84.9 Å². The van der Waals surface area contributed by atoms with E-state index in [2.05, 4.69) is 21.3 Å². The number of aliphatic hydroxyl groups is 1. The van der Waals surface area contributed by atoms with Crippen molar-refractivity contribution in [2.75, 3.05) is 118 Å². The molecule has 0 aliphatic carbocycles. The van der Waals surface area contributed by atoms with Gasteiger partial charge in [0.05, 0.1) is 26.4 Å². The highest BCUT2D eigenvalue weighted by Crippen LogP contribution is 2.29. The first-order valence-corrected chi connectivity index (χ1v) is 27.0. The molecule has 0 bridgehead atoms. The van der Waals surface area contributed by atoms with E-state index in [1.54, 1.807) is 77.4 Å². The van der Waals surface area contributed by atoms with Crippen molar-refractivity contribution in [2.24, 2.45) is 0 Å². The molecule has 0 aromatic heterocycles. The molecule has 432 valence electrons. The van der Waals surface area contributed by atoms with Crippen molar-refractivity contribution in [3.05, 3.63) is 143 Å². The van der Waals surface area contributed by atoms with E-state index in [1.165, 1.54) is 13.8 Å². The average Bonchev–Trinajstić information content (AvgIpc) is 3.48. The number of ketones is 1. The monoisotopic (exact) mass is 1100 g/mol. The molecule has 0 fully saturated rings. The average molecular weight is 1100 g/mol. The summed E-state index contributed by atoms with van der Waals surface area (Å²) in [6.45, 7) is 16.2. The predicted octanol–water partition coefficient (Wildman–Crippen LogP) is 6.14. The fourth-order valence-electron chi connectivity index (χ4n) is 7.41. The van der Waals surface area contributed by atoms with Crippen LogP contribution in [-0.4, -0.2) is 175 Å². The fourth-order valence-corrected chi connectivity index (χ4v) is 7.41. The number of amides is 6. The number of nitrogens with zero attached hydrogens (tertiary/aromatic N) is 2. The zero-order chi connectivity index (χ0) is 57.5. The Morgan fingerprint density at radius 2 is 0.772 bits per heavy atom. The van der Waals surface area contributed by atoms with E-state index in [0.29, 0.717) is 145 Å². The Labute approximate surface area is 465 Å². The number of carbonyl (C=O) groups is 7. The summed E-state index contributed by atoms with van der Waals surface area (Å²) in [5.74, 6) is -0.464. The van der Waals surface area contributed by atoms with Gasteiger partial charge in [-0.3, -0.25) is 24.0 Å². The van der Waals surface area contributed by atoms with Crippen LogP contribution in [0.4, 0.5) is 9.59 Å². The minimum atomic E-state index is -1.15. The van der Waals surface area contributed by atoms with Crippen LogP contribution in [0.25, 0.3) is 0 Å². The molecule has 0 heterocycles. The molecule has 4 aromatic rings. The Morgan fingerprint density at radius 3 is 1.18 bits per heavy atom. The van der Waals surface area contributed by atoms with Gasteiger partial charge >= 0.3 is 12.2 Å². The third-order valence-corrected chi connectivity index (χ3v) is 12.0. The van der Waals surface area contributed by atoms with Gasteiger partial charge in [-0.05, 0) is 81.8 Å². The zero-order valence-electron chi connectivity index (χ0n) is 46.6. The van der Waals surface area contributed by atoms with Gasteiger partial charge in [0.2, 0.25) is 11.8 Å². The summed E-state index contributed by atoms with van der Waals surface area (Å²) in [6.07, 6.45) is 1.54. The number of rotatable bonds is 36. The maximum atomic E-state index is 12.5. The van der Waals surface area contributed by atoms with Crippen molar-refractivity contribution in [1.82, 2.24) is 31.1 Å². The summed E-state index contributed by atoms with van der Waals surface area (Å²) in [4.78, 5) is 86.4. The Morgan fingerprint density at radius 1 is 0.430 bits per heavy atom. The zero-order valence-corrected chi connectivity index (χ0v) is 46.6. The van der Waals surface area contributed by atoms with Crippen LogP contribution in [0.3, 0.4) is 0 Å². The Bertz CT molecular complexity index is 2390. The highest BCUT2D eigenvalue weighted by atomic mass is 16.6. The number of ether oxygens (including phenoxy) is 6. The van der Waals surface area contributed by atoms with E-state index in [-0.39, 0.29) is 55.8 Å². The molecule has 5 N–H and O–H groups in total. The number of hydrogen-bond donors (Lipinski definition) is 5. The molecule has 0 aliphatic rings. The molecule has 0 saturated carbocycles. The first-order chi connectivity index (χ1) is 38.2. The second kappa shape index (κ2) is 39.2. The third kappa shape index (κ3) is 27.3. The lowest BCUT2D eigenvalue weighted by Gasteiger charge is -2.24. The third-order valence-electron chi connectivity index (χ3n) is 12.0. The minimum absolute atomic E-state index is 0.00415. The van der Waals surface area contributed by atoms with Crippen LogP contribution in [0.5, 0.6) is 0 Å². The van der Waals surface area contributed by atoms with Gasteiger partial charge in [0, 0.05) is 115 Å². The van der Waals surface area contributed by atoms with Crippen LogP contribution >= 0.6 is 0 Å². The molecule has 0 spiro atoms. The van der Waals surface area contributed by atoms with Crippen molar-refractivity contribution in [3.63, 3.8) is 0 Å². The van der Waals surface area contributed by atoms with E-state index in [9.17, 15) is 38.7 Å². The lowest BCUT2D eigenvalue weighted by atomic mass is 9.88. The molecule has 0 saturated heterocycles. The molecule has 1 unspecified atom stereocenters. The Hall–Kier alpha value is -7.23. The van der Waals surface area contributed by atoms with Crippen LogP contribution in [-0.2, 0) is 43.6 Å². The van der Waals surface area contributed by atoms with E-state index in [1.807, 2.05) is 62.4 Å². The van der Waals surface area contributed by atoms with E-state index in [0.717, 1.165) is 5.56 Å². The summed E-state index contributed by atoms with van der Waals surface area (Å²) >= 11 is 0. The molecule has 6 amide bonds. The van der Waals surface area contributed by atoms with Crippen molar-refractivity contribution >= 4 is 41.6 Å². The first kappa shape index (κ1) is 66.1. The fraction of sp³-hybridized carbons (Fsp3) is 0.475. The van der Waals surface area contributed by atoms with Crippen LogP contribution < -0.4 is 21.3 Å². The molecule has 79 heavy (non-hydrogen) atoms. The summed E-state index contributed by atoms with van der Waals surface area (Å²) < 4.78 is 31.9. The van der Waals surface area contributed by atoms with Gasteiger partial charge in [-0.25, -0.2) is 9.59 Å². The lowest BCUT2D eigenvalue weighted by Crippen LogP contribution is -2.32. The molecule has 20 heteroatoms. The van der Waals surface area contributed by atoms with E-state index >= 15 is 0 Å². The molecule has 20 nitrogen and oxygen atoms in total. The number of likely N-dealkylation sites (N-methyl/N-ethyl adjacent to an activating group) is 2. The van der Waals surface area contributed by atoms with Crippen LogP contribution in [0.2, 0.25) is 0 Å². The second-order valence-electron chi connectivity index (χ2n) is 18.0. The quantitative estimate of drug-likeness (QED) is 0.0254. The maximum Gasteiger partial charge on any atom is 0.407 e. The second-order valence-corrected chi connectivity index (χ2v) is 18.0. The van der Waals surface area contributed by atoms with Gasteiger partial charge in [0.15, 0.2) is 5.78 Å². The smallest absolute Gasteiger partial charge is 0.407 e. The number of hydrogen-bond acceptors (Lipinski definition) is 14. The Balaban J connectivity index is 0.000000415. The first-order valence-electron chi connectivity index (χ1n) is 27.0. The predicted molar refractivity (Wildman–Crippen MR) is 299 cm³/mol. The maximum absolute atomic E-state index is 12.5. The minimum Gasteiger partial charge on any atom is -0.447 e. The highest BCUT2D eigenvalue weighted by molar-refractivity contribution is 6.09. The molecule has 1 atom stereocenters. The van der Waals surface area contributed by atoms with Gasteiger partial charge in [0.1, 0.15) is 18.8 Å². The molecule has 4 aromatic carbocycles. The summed E-state index contributed by atoms with van der Waals surface area (Å²) in [7, 11) is 0. The normalized spacial score (nSPS) is 11.4. The molecule has 0 radical (unpaired) electrons. The van der Waals surface area contributed by atoms with Gasteiger partial charge in [0.25, 0.3) is 11.8 Å². The molecular weight excluding hydrogens is 1020 g/mol. The number of carbonyl (C=O) groups excluding carboxylic acids is 7. The van der Waals surface area contributed by atoms with Gasteiger partial charge in [-0.15, -0.1) is 0 Å². The van der Waals surface area contributed by atoms with Crippen molar-refractivity contribution in [3.8, 4) is 0 Å².